The summed E-state index contributed by atoms with van der Waals surface area (Å²) in [5.74, 6) is 0.631. The standard InChI is InChI=1S/C13H23NO2/c1-9(15)8-11-6-7-13(5,12(11,3)4)14-10(2)16/h11H,6-8H2,1-5H3,(H,14,16). The summed E-state index contributed by atoms with van der Waals surface area (Å²) in [4.78, 5) is 22.5. The number of amides is 1. The summed E-state index contributed by atoms with van der Waals surface area (Å²) in [6, 6.07) is 0. The van der Waals surface area contributed by atoms with E-state index in [-0.39, 0.29) is 22.6 Å². The highest BCUT2D eigenvalue weighted by molar-refractivity contribution is 5.76. The van der Waals surface area contributed by atoms with Gasteiger partial charge in [0.2, 0.25) is 5.91 Å². The van der Waals surface area contributed by atoms with Crippen LogP contribution in [0.25, 0.3) is 0 Å². The Morgan fingerprint density at radius 2 is 1.81 bits per heavy atom. The molecule has 1 aliphatic carbocycles. The van der Waals surface area contributed by atoms with Crippen molar-refractivity contribution >= 4 is 11.7 Å². The Hall–Kier alpha value is -0.860. The molecule has 1 N–H and O–H groups in total. The summed E-state index contributed by atoms with van der Waals surface area (Å²) in [5.41, 5.74) is -0.205. The van der Waals surface area contributed by atoms with E-state index in [0.29, 0.717) is 12.3 Å². The molecular formula is C13H23NO2. The second-order valence-electron chi connectivity index (χ2n) is 5.88. The molecule has 0 aromatic rings. The average molecular weight is 225 g/mol. The number of Topliss-reactive ketones (excluding diaryl/α,β-unsaturated/α-hetero) is 1. The molecule has 0 saturated heterocycles. The maximum Gasteiger partial charge on any atom is 0.217 e. The minimum atomic E-state index is -0.182. The number of nitrogens with one attached hydrogen (secondary N) is 1. The third kappa shape index (κ3) is 2.28. The molecule has 1 fully saturated rings. The summed E-state index contributed by atoms with van der Waals surface area (Å²) in [6.45, 7) is 9.60. The molecule has 16 heavy (non-hydrogen) atoms. The zero-order valence-corrected chi connectivity index (χ0v) is 11.0. The van der Waals surface area contributed by atoms with Gasteiger partial charge in [-0.1, -0.05) is 13.8 Å². The van der Waals surface area contributed by atoms with Gasteiger partial charge in [0.15, 0.2) is 0 Å². The van der Waals surface area contributed by atoms with E-state index in [1.165, 1.54) is 0 Å². The minimum absolute atomic E-state index is 0.0130. The Balaban J connectivity index is 2.85. The first-order valence-corrected chi connectivity index (χ1v) is 5.97. The number of hydrogen-bond donors (Lipinski definition) is 1. The fraction of sp³-hybridized carbons (Fsp3) is 0.846. The van der Waals surface area contributed by atoms with Crippen LogP contribution in [0, 0.1) is 11.3 Å². The summed E-state index contributed by atoms with van der Waals surface area (Å²) in [7, 11) is 0. The van der Waals surface area contributed by atoms with Crippen LogP contribution in [0.1, 0.15) is 53.9 Å². The molecule has 0 spiro atoms. The molecule has 0 radical (unpaired) electrons. The molecular weight excluding hydrogens is 202 g/mol. The van der Waals surface area contributed by atoms with Crippen molar-refractivity contribution in [2.24, 2.45) is 11.3 Å². The Bertz CT molecular complexity index is 309. The number of carbonyl (C=O) groups is 2. The van der Waals surface area contributed by atoms with Crippen molar-refractivity contribution < 1.29 is 9.59 Å². The normalized spacial score (nSPS) is 32.4. The van der Waals surface area contributed by atoms with Gasteiger partial charge in [-0.3, -0.25) is 4.79 Å². The monoisotopic (exact) mass is 225 g/mol. The quantitative estimate of drug-likeness (QED) is 0.801. The lowest BCUT2D eigenvalue weighted by Gasteiger charge is -2.42. The Morgan fingerprint density at radius 1 is 1.25 bits per heavy atom. The van der Waals surface area contributed by atoms with E-state index in [1.807, 2.05) is 0 Å². The third-order valence-corrected chi connectivity index (χ3v) is 4.42. The highest BCUT2D eigenvalue weighted by atomic mass is 16.1. The SMILES string of the molecule is CC(=O)CC1CCC(C)(NC(C)=O)C1(C)C. The first kappa shape index (κ1) is 13.2. The van der Waals surface area contributed by atoms with Crippen molar-refractivity contribution in [2.75, 3.05) is 0 Å². The van der Waals surface area contributed by atoms with Gasteiger partial charge in [0.05, 0.1) is 0 Å². The lowest BCUT2D eigenvalue weighted by atomic mass is 9.70. The van der Waals surface area contributed by atoms with Crippen LogP contribution < -0.4 is 5.32 Å². The predicted octanol–water partition coefficient (Wildman–Crippen LogP) is 2.30. The number of rotatable bonds is 3. The summed E-state index contributed by atoms with van der Waals surface area (Å²) < 4.78 is 0. The third-order valence-electron chi connectivity index (χ3n) is 4.42. The van der Waals surface area contributed by atoms with Crippen LogP contribution >= 0.6 is 0 Å². The van der Waals surface area contributed by atoms with E-state index in [4.69, 9.17) is 0 Å². The number of ketones is 1. The number of hydrogen-bond acceptors (Lipinski definition) is 2. The maximum atomic E-state index is 11.2. The molecule has 1 aliphatic rings. The summed E-state index contributed by atoms with van der Waals surface area (Å²) >= 11 is 0. The lowest BCUT2D eigenvalue weighted by molar-refractivity contribution is -0.122. The second kappa shape index (κ2) is 4.19. The smallest absolute Gasteiger partial charge is 0.217 e. The first-order valence-electron chi connectivity index (χ1n) is 5.97. The zero-order valence-electron chi connectivity index (χ0n) is 11.0. The van der Waals surface area contributed by atoms with Crippen LogP contribution in [0.4, 0.5) is 0 Å². The van der Waals surface area contributed by atoms with Crippen molar-refractivity contribution in [1.29, 1.82) is 0 Å². The molecule has 92 valence electrons. The van der Waals surface area contributed by atoms with E-state index in [0.717, 1.165) is 12.8 Å². The van der Waals surface area contributed by atoms with Crippen molar-refractivity contribution in [3.05, 3.63) is 0 Å². The fourth-order valence-electron chi connectivity index (χ4n) is 2.91. The molecule has 0 aliphatic heterocycles. The second-order valence-corrected chi connectivity index (χ2v) is 5.88. The van der Waals surface area contributed by atoms with Crippen LogP contribution in [-0.4, -0.2) is 17.2 Å². The van der Waals surface area contributed by atoms with E-state index >= 15 is 0 Å². The highest BCUT2D eigenvalue weighted by Crippen LogP contribution is 2.51. The summed E-state index contributed by atoms with van der Waals surface area (Å²) in [5, 5.41) is 3.06. The maximum absolute atomic E-state index is 11.2. The van der Waals surface area contributed by atoms with Gasteiger partial charge in [-0.05, 0) is 38.0 Å². The topological polar surface area (TPSA) is 46.2 Å². The van der Waals surface area contributed by atoms with E-state index in [1.54, 1.807) is 13.8 Å². The van der Waals surface area contributed by atoms with Gasteiger partial charge in [0, 0.05) is 18.9 Å². The highest BCUT2D eigenvalue weighted by Gasteiger charge is 2.51. The largest absolute Gasteiger partial charge is 0.351 e. The molecule has 0 aromatic heterocycles. The van der Waals surface area contributed by atoms with Crippen LogP contribution in [-0.2, 0) is 9.59 Å². The van der Waals surface area contributed by atoms with E-state index < -0.39 is 0 Å². The van der Waals surface area contributed by atoms with Crippen LogP contribution in [0.3, 0.4) is 0 Å². The first-order chi connectivity index (χ1) is 7.19. The van der Waals surface area contributed by atoms with Gasteiger partial charge in [-0.25, -0.2) is 0 Å². The lowest BCUT2D eigenvalue weighted by Crippen LogP contribution is -2.53. The Kier molecular flexibility index (Phi) is 3.46. The average Bonchev–Trinajstić information content (AvgIpc) is 2.27. The summed E-state index contributed by atoms with van der Waals surface area (Å²) in [6.07, 6.45) is 2.60. The molecule has 0 aromatic carbocycles. The van der Waals surface area contributed by atoms with Gasteiger partial charge >= 0.3 is 0 Å². The van der Waals surface area contributed by atoms with Crippen molar-refractivity contribution in [2.45, 2.75) is 59.4 Å². The van der Waals surface area contributed by atoms with Crippen molar-refractivity contribution in [3.8, 4) is 0 Å². The molecule has 3 heteroatoms. The molecule has 1 rings (SSSR count). The number of carbonyl (C=O) groups excluding carboxylic acids is 2. The van der Waals surface area contributed by atoms with Gasteiger partial charge in [0.25, 0.3) is 0 Å². The van der Waals surface area contributed by atoms with Crippen LogP contribution in [0.5, 0.6) is 0 Å². The molecule has 3 nitrogen and oxygen atoms in total. The molecule has 1 saturated carbocycles. The Labute approximate surface area is 98.0 Å². The predicted molar refractivity (Wildman–Crippen MR) is 64.0 cm³/mol. The minimum Gasteiger partial charge on any atom is -0.351 e. The Morgan fingerprint density at radius 3 is 2.25 bits per heavy atom. The molecule has 2 unspecified atom stereocenters. The zero-order chi connectivity index (χ0) is 12.6. The van der Waals surface area contributed by atoms with Gasteiger partial charge in [0.1, 0.15) is 5.78 Å². The van der Waals surface area contributed by atoms with Gasteiger partial charge in [-0.2, -0.15) is 0 Å². The van der Waals surface area contributed by atoms with Crippen LogP contribution in [0.15, 0.2) is 0 Å². The molecule has 0 heterocycles. The van der Waals surface area contributed by atoms with Gasteiger partial charge < -0.3 is 10.1 Å². The molecule has 1 amide bonds. The van der Waals surface area contributed by atoms with Crippen molar-refractivity contribution in [3.63, 3.8) is 0 Å². The van der Waals surface area contributed by atoms with Crippen molar-refractivity contribution in [1.82, 2.24) is 5.32 Å². The van der Waals surface area contributed by atoms with E-state index in [2.05, 4.69) is 26.1 Å². The van der Waals surface area contributed by atoms with Crippen LogP contribution in [0.2, 0.25) is 0 Å². The van der Waals surface area contributed by atoms with E-state index in [9.17, 15) is 9.59 Å². The molecule has 2 atom stereocenters. The van der Waals surface area contributed by atoms with Gasteiger partial charge in [-0.15, -0.1) is 0 Å². The fourth-order valence-corrected chi connectivity index (χ4v) is 2.91. The molecule has 0 bridgehead atoms.